The van der Waals surface area contributed by atoms with E-state index in [0.717, 1.165) is 51.3 Å². The number of carbonyl (C=O) groups is 1. The number of aromatic nitrogens is 2. The Labute approximate surface area is 165 Å². The minimum absolute atomic E-state index is 0.00114. The van der Waals surface area contributed by atoms with Crippen LogP contribution >= 0.6 is 0 Å². The van der Waals surface area contributed by atoms with Crippen LogP contribution in [0.15, 0.2) is 34.7 Å². The standard InChI is InChI=1S/C20H28N6O2/c1-15(17(22-3)4-8-21-2)25-19-23-12-16(13-24-19)18(27)26-9-5-20(14-26)6-10-28-11-7-20/h4,8,12-13,15H,2,5-7,9-11,14H2,1,3H3,(H,23,24,25)/b8-4-,22-17+/t15-/m1/s1. The van der Waals surface area contributed by atoms with Crippen molar-refractivity contribution < 1.29 is 9.53 Å². The maximum absolute atomic E-state index is 12.8. The second-order valence-corrected chi connectivity index (χ2v) is 7.40. The third kappa shape index (κ3) is 4.62. The predicted molar refractivity (Wildman–Crippen MR) is 110 cm³/mol. The highest BCUT2D eigenvalue weighted by molar-refractivity contribution is 6.00. The lowest BCUT2D eigenvalue weighted by Crippen LogP contribution is -2.35. The zero-order valence-electron chi connectivity index (χ0n) is 16.6. The van der Waals surface area contributed by atoms with Crippen molar-refractivity contribution in [2.24, 2.45) is 15.4 Å². The first-order chi connectivity index (χ1) is 13.6. The van der Waals surface area contributed by atoms with Crippen molar-refractivity contribution >= 4 is 24.3 Å². The SMILES string of the molecule is C=N/C=C\C(=N/C)[C@@H](C)Nc1ncc(C(=O)N2CCC3(CCOCC3)C2)cn1. The summed E-state index contributed by atoms with van der Waals surface area (Å²) in [5.74, 6) is 0.450. The lowest BCUT2D eigenvalue weighted by molar-refractivity contribution is 0.0191. The highest BCUT2D eigenvalue weighted by Crippen LogP contribution is 2.40. The Hall–Kier alpha value is -2.61. The molecule has 2 saturated heterocycles. The predicted octanol–water partition coefficient (Wildman–Crippen LogP) is 2.20. The lowest BCUT2D eigenvalue weighted by Gasteiger charge is -2.33. The van der Waals surface area contributed by atoms with Gasteiger partial charge in [-0.15, -0.1) is 0 Å². The Morgan fingerprint density at radius 2 is 2.07 bits per heavy atom. The van der Waals surface area contributed by atoms with Crippen LogP contribution in [0.3, 0.4) is 0 Å². The molecule has 0 radical (unpaired) electrons. The average Bonchev–Trinajstić information content (AvgIpc) is 3.12. The number of aliphatic imine (C=N–C) groups is 2. The second-order valence-electron chi connectivity index (χ2n) is 7.40. The topological polar surface area (TPSA) is 92.1 Å². The molecular formula is C20H28N6O2. The molecule has 8 nitrogen and oxygen atoms in total. The second kappa shape index (κ2) is 9.05. The van der Waals surface area contributed by atoms with Gasteiger partial charge < -0.3 is 15.0 Å². The molecule has 2 fully saturated rings. The number of likely N-dealkylation sites (tertiary alicyclic amines) is 1. The minimum atomic E-state index is -0.100. The Balaban J connectivity index is 1.60. The molecule has 1 aromatic rings. The average molecular weight is 384 g/mol. The molecule has 28 heavy (non-hydrogen) atoms. The van der Waals surface area contributed by atoms with E-state index < -0.39 is 0 Å². The van der Waals surface area contributed by atoms with Gasteiger partial charge in [0.2, 0.25) is 5.95 Å². The van der Waals surface area contributed by atoms with Crippen molar-refractivity contribution in [1.82, 2.24) is 14.9 Å². The van der Waals surface area contributed by atoms with E-state index >= 15 is 0 Å². The van der Waals surface area contributed by atoms with Gasteiger partial charge in [-0.05, 0) is 44.4 Å². The van der Waals surface area contributed by atoms with Crippen LogP contribution in [-0.4, -0.2) is 72.6 Å². The number of rotatable bonds is 6. The van der Waals surface area contributed by atoms with Crippen LogP contribution in [0.2, 0.25) is 0 Å². The van der Waals surface area contributed by atoms with Crippen LogP contribution in [0.5, 0.6) is 0 Å². The molecule has 3 rings (SSSR count). The van der Waals surface area contributed by atoms with Gasteiger partial charge in [0.1, 0.15) is 0 Å². The Kier molecular flexibility index (Phi) is 6.51. The molecule has 1 amide bonds. The minimum Gasteiger partial charge on any atom is -0.381 e. The van der Waals surface area contributed by atoms with Crippen LogP contribution in [0, 0.1) is 5.41 Å². The summed E-state index contributed by atoms with van der Waals surface area (Å²) in [6.45, 7) is 8.55. The molecule has 0 aromatic carbocycles. The molecule has 2 aliphatic heterocycles. The first kappa shape index (κ1) is 20.1. The van der Waals surface area contributed by atoms with Crippen molar-refractivity contribution in [1.29, 1.82) is 0 Å². The third-order valence-corrected chi connectivity index (χ3v) is 5.58. The van der Waals surface area contributed by atoms with Crippen molar-refractivity contribution in [3.8, 4) is 0 Å². The Morgan fingerprint density at radius 3 is 2.71 bits per heavy atom. The molecular weight excluding hydrogens is 356 g/mol. The summed E-state index contributed by atoms with van der Waals surface area (Å²) in [6.07, 6.45) is 9.65. The van der Waals surface area contributed by atoms with Gasteiger partial charge in [0.05, 0.1) is 17.3 Å². The van der Waals surface area contributed by atoms with Crippen molar-refractivity contribution in [3.63, 3.8) is 0 Å². The lowest BCUT2D eigenvalue weighted by atomic mass is 9.80. The van der Waals surface area contributed by atoms with Gasteiger partial charge in [-0.3, -0.25) is 14.8 Å². The van der Waals surface area contributed by atoms with Gasteiger partial charge >= 0.3 is 0 Å². The van der Waals surface area contributed by atoms with Crippen LogP contribution < -0.4 is 5.32 Å². The van der Waals surface area contributed by atoms with Crippen LogP contribution in [0.25, 0.3) is 0 Å². The molecule has 0 unspecified atom stereocenters. The first-order valence-corrected chi connectivity index (χ1v) is 9.61. The summed E-state index contributed by atoms with van der Waals surface area (Å²) in [5, 5.41) is 3.18. The maximum Gasteiger partial charge on any atom is 0.257 e. The van der Waals surface area contributed by atoms with Crippen LogP contribution in [-0.2, 0) is 4.74 Å². The fourth-order valence-corrected chi connectivity index (χ4v) is 3.83. The van der Waals surface area contributed by atoms with E-state index in [2.05, 4.69) is 32.0 Å². The fourth-order valence-electron chi connectivity index (χ4n) is 3.83. The number of nitrogens with zero attached hydrogens (tertiary/aromatic N) is 5. The first-order valence-electron chi connectivity index (χ1n) is 9.61. The number of nitrogens with one attached hydrogen (secondary N) is 1. The van der Waals surface area contributed by atoms with Crippen LogP contribution in [0.1, 0.15) is 36.5 Å². The molecule has 8 heteroatoms. The molecule has 2 aliphatic rings. The molecule has 0 bridgehead atoms. The molecule has 1 aromatic heterocycles. The van der Waals surface area contributed by atoms with E-state index in [-0.39, 0.29) is 17.4 Å². The Bertz CT molecular complexity index is 752. The van der Waals surface area contributed by atoms with E-state index in [0.29, 0.717) is 11.5 Å². The smallest absolute Gasteiger partial charge is 0.257 e. The van der Waals surface area contributed by atoms with E-state index in [1.807, 2.05) is 11.8 Å². The van der Waals surface area contributed by atoms with E-state index in [4.69, 9.17) is 4.74 Å². The molecule has 1 spiro atoms. The normalized spacial score (nSPS) is 20.5. The molecule has 0 saturated carbocycles. The number of anilines is 1. The number of amides is 1. The summed E-state index contributed by atoms with van der Waals surface area (Å²) < 4.78 is 5.48. The fraction of sp³-hybridized carbons (Fsp3) is 0.550. The van der Waals surface area contributed by atoms with Crippen molar-refractivity contribution in [2.45, 2.75) is 32.2 Å². The maximum atomic E-state index is 12.8. The van der Waals surface area contributed by atoms with Gasteiger partial charge in [0.15, 0.2) is 0 Å². The third-order valence-electron chi connectivity index (χ3n) is 5.58. The molecule has 0 aliphatic carbocycles. The van der Waals surface area contributed by atoms with Gasteiger partial charge in [-0.25, -0.2) is 9.97 Å². The molecule has 1 atom stereocenters. The summed E-state index contributed by atoms with van der Waals surface area (Å²) >= 11 is 0. The van der Waals surface area contributed by atoms with Crippen molar-refractivity contribution in [3.05, 3.63) is 30.2 Å². The zero-order chi connectivity index (χ0) is 20.0. The number of ether oxygens (including phenoxy) is 1. The highest BCUT2D eigenvalue weighted by atomic mass is 16.5. The summed E-state index contributed by atoms with van der Waals surface area (Å²) in [4.78, 5) is 31.3. The quantitative estimate of drug-likeness (QED) is 0.759. The summed E-state index contributed by atoms with van der Waals surface area (Å²) in [7, 11) is 1.71. The number of hydrogen-bond donors (Lipinski definition) is 1. The number of hydrogen-bond acceptors (Lipinski definition) is 7. The molecule has 3 heterocycles. The highest BCUT2D eigenvalue weighted by Gasteiger charge is 2.41. The summed E-state index contributed by atoms with van der Waals surface area (Å²) in [6, 6.07) is -0.100. The molecule has 150 valence electrons. The zero-order valence-corrected chi connectivity index (χ0v) is 16.6. The van der Waals surface area contributed by atoms with Crippen LogP contribution in [0.4, 0.5) is 5.95 Å². The van der Waals surface area contributed by atoms with Gasteiger partial charge in [0.25, 0.3) is 5.91 Å². The molecule has 1 N–H and O–H groups in total. The van der Waals surface area contributed by atoms with Gasteiger partial charge in [-0.2, -0.15) is 0 Å². The van der Waals surface area contributed by atoms with E-state index in [1.54, 1.807) is 31.7 Å². The van der Waals surface area contributed by atoms with E-state index in [9.17, 15) is 4.79 Å². The van der Waals surface area contributed by atoms with Crippen molar-refractivity contribution in [2.75, 3.05) is 38.7 Å². The summed E-state index contributed by atoms with van der Waals surface area (Å²) in [5.41, 5.74) is 1.55. The van der Waals surface area contributed by atoms with Gasteiger partial charge in [-0.1, -0.05) is 0 Å². The van der Waals surface area contributed by atoms with Gasteiger partial charge in [0, 0.05) is 51.9 Å². The largest absolute Gasteiger partial charge is 0.381 e. The Morgan fingerprint density at radius 1 is 1.36 bits per heavy atom. The number of carbonyl (C=O) groups excluding carboxylic acids is 1. The van der Waals surface area contributed by atoms with E-state index in [1.165, 1.54) is 0 Å². The monoisotopic (exact) mass is 384 g/mol.